The van der Waals surface area contributed by atoms with Crippen LogP contribution in [0.4, 0.5) is 0 Å². The molecule has 0 radical (unpaired) electrons. The Labute approximate surface area is 123 Å². The fraction of sp³-hybridized carbons (Fsp3) is 0.917. The summed E-state index contributed by atoms with van der Waals surface area (Å²) in [5.41, 5.74) is -0.218. The van der Waals surface area contributed by atoms with Crippen molar-refractivity contribution in [3.05, 3.63) is 0 Å². The maximum Gasteiger partial charge on any atom is 0.227 e. The number of carbonyl (C=O) groups is 1. The monoisotopic (exact) mass is 299 g/mol. The molecule has 4 nitrogen and oxygen atoms in total. The van der Waals surface area contributed by atoms with Crippen molar-refractivity contribution in [1.82, 2.24) is 15.5 Å². The van der Waals surface area contributed by atoms with E-state index in [2.05, 4.69) is 29.4 Å². The molecule has 1 rings (SSSR count). The minimum atomic E-state index is -0.218. The third-order valence-electron chi connectivity index (χ3n) is 3.59. The van der Waals surface area contributed by atoms with Crippen molar-refractivity contribution in [2.45, 2.75) is 32.7 Å². The minimum Gasteiger partial charge on any atom is -0.354 e. The average Bonchev–Trinajstić information content (AvgIpc) is 2.26. The van der Waals surface area contributed by atoms with E-state index in [1.165, 1.54) is 0 Å². The molecule has 0 aliphatic carbocycles. The van der Waals surface area contributed by atoms with Crippen LogP contribution in [0.5, 0.6) is 0 Å². The van der Waals surface area contributed by atoms with E-state index in [0.717, 1.165) is 32.5 Å². The Balaban J connectivity index is 0. The van der Waals surface area contributed by atoms with Gasteiger partial charge in [-0.25, -0.2) is 0 Å². The van der Waals surface area contributed by atoms with Gasteiger partial charge in [-0.05, 0) is 47.3 Å². The van der Waals surface area contributed by atoms with Gasteiger partial charge >= 0.3 is 0 Å². The Morgan fingerprint density at radius 2 is 2.06 bits per heavy atom. The molecule has 0 bridgehead atoms. The Kier molecular flexibility index (Phi) is 10.1. The van der Waals surface area contributed by atoms with Crippen molar-refractivity contribution in [2.75, 3.05) is 33.7 Å². The molecule has 0 aromatic rings. The number of nitrogens with one attached hydrogen (secondary N) is 2. The highest BCUT2D eigenvalue weighted by Crippen LogP contribution is 2.25. The van der Waals surface area contributed by atoms with Gasteiger partial charge in [-0.2, -0.15) is 0 Å². The van der Waals surface area contributed by atoms with Crippen LogP contribution in [-0.2, 0) is 4.79 Å². The van der Waals surface area contributed by atoms with E-state index >= 15 is 0 Å². The number of hydrogen-bond acceptors (Lipinski definition) is 3. The molecule has 0 spiro atoms. The Morgan fingerprint density at radius 3 is 2.50 bits per heavy atom. The first-order valence-corrected chi connectivity index (χ1v) is 6.11. The molecule has 0 aromatic heterocycles. The molecular formula is C12H27Cl2N3O. The summed E-state index contributed by atoms with van der Waals surface area (Å²) in [5, 5.41) is 6.35. The first kappa shape index (κ1) is 20.3. The molecule has 0 saturated carbocycles. The van der Waals surface area contributed by atoms with Crippen LogP contribution in [0.3, 0.4) is 0 Å². The molecule has 1 aliphatic heterocycles. The van der Waals surface area contributed by atoms with Crippen molar-refractivity contribution in [3.63, 3.8) is 0 Å². The van der Waals surface area contributed by atoms with Crippen LogP contribution in [0, 0.1) is 5.41 Å². The summed E-state index contributed by atoms with van der Waals surface area (Å²) in [4.78, 5) is 14.2. The number of carbonyl (C=O) groups excluding carboxylic acids is 1. The Morgan fingerprint density at radius 1 is 1.44 bits per heavy atom. The quantitative estimate of drug-likeness (QED) is 0.822. The second-order valence-electron chi connectivity index (χ2n) is 5.36. The molecular weight excluding hydrogens is 273 g/mol. The highest BCUT2D eigenvalue weighted by atomic mass is 35.5. The summed E-state index contributed by atoms with van der Waals surface area (Å²) in [6.45, 7) is 6.73. The second kappa shape index (κ2) is 8.97. The molecule has 1 saturated heterocycles. The van der Waals surface area contributed by atoms with Crippen LogP contribution in [0.15, 0.2) is 0 Å². The highest BCUT2D eigenvalue weighted by molar-refractivity contribution is 5.85. The molecule has 1 fully saturated rings. The molecule has 1 heterocycles. The summed E-state index contributed by atoms with van der Waals surface area (Å²) in [6, 6.07) is 0.379. The number of nitrogens with zero attached hydrogens (tertiary/aromatic N) is 1. The smallest absolute Gasteiger partial charge is 0.227 e. The van der Waals surface area contributed by atoms with E-state index in [1.54, 1.807) is 0 Å². The molecule has 0 aromatic carbocycles. The lowest BCUT2D eigenvalue weighted by molar-refractivity contribution is -0.131. The van der Waals surface area contributed by atoms with Crippen LogP contribution >= 0.6 is 24.8 Å². The number of likely N-dealkylation sites (N-methyl/N-ethyl adjacent to an activating group) is 1. The van der Waals surface area contributed by atoms with Crippen LogP contribution in [0.2, 0.25) is 0 Å². The van der Waals surface area contributed by atoms with Gasteiger partial charge in [-0.15, -0.1) is 24.8 Å². The lowest BCUT2D eigenvalue weighted by Gasteiger charge is -2.33. The highest BCUT2D eigenvalue weighted by Gasteiger charge is 2.34. The summed E-state index contributed by atoms with van der Waals surface area (Å²) in [6.07, 6.45) is 2.08. The maximum absolute atomic E-state index is 12.1. The fourth-order valence-electron chi connectivity index (χ4n) is 1.89. The van der Waals surface area contributed by atoms with Gasteiger partial charge < -0.3 is 15.5 Å². The SMILES string of the molecule is CC(CNC(=O)C1(C)CCCNC1)N(C)C.Cl.Cl. The first-order chi connectivity index (χ1) is 7.46. The molecule has 2 atom stereocenters. The van der Waals surface area contributed by atoms with Gasteiger partial charge in [0, 0.05) is 19.1 Å². The van der Waals surface area contributed by atoms with Gasteiger partial charge in [0.25, 0.3) is 0 Å². The van der Waals surface area contributed by atoms with Crippen molar-refractivity contribution in [1.29, 1.82) is 0 Å². The van der Waals surface area contributed by atoms with Crippen LogP contribution in [-0.4, -0.2) is 50.6 Å². The molecule has 110 valence electrons. The molecule has 18 heavy (non-hydrogen) atoms. The minimum absolute atomic E-state index is 0. The van der Waals surface area contributed by atoms with Crippen molar-refractivity contribution >= 4 is 30.7 Å². The van der Waals surface area contributed by atoms with Crippen LogP contribution in [0.1, 0.15) is 26.7 Å². The summed E-state index contributed by atoms with van der Waals surface area (Å²) in [5.74, 6) is 0.188. The zero-order valence-corrected chi connectivity index (χ0v) is 13.4. The van der Waals surface area contributed by atoms with E-state index < -0.39 is 0 Å². The predicted molar refractivity (Wildman–Crippen MR) is 80.9 cm³/mol. The average molecular weight is 300 g/mol. The Bertz CT molecular complexity index is 243. The molecule has 2 unspecified atom stereocenters. The first-order valence-electron chi connectivity index (χ1n) is 6.11. The van der Waals surface area contributed by atoms with Crippen molar-refractivity contribution < 1.29 is 4.79 Å². The van der Waals surface area contributed by atoms with E-state index in [4.69, 9.17) is 0 Å². The lowest BCUT2D eigenvalue weighted by atomic mass is 9.82. The van der Waals surface area contributed by atoms with E-state index in [1.807, 2.05) is 14.1 Å². The number of piperidine rings is 1. The predicted octanol–water partition coefficient (Wildman–Crippen LogP) is 1.29. The standard InChI is InChI=1S/C12H25N3O.2ClH/c1-10(15(3)4)8-14-11(16)12(2)6-5-7-13-9-12;;/h10,13H,5-9H2,1-4H3,(H,14,16);2*1H. The number of halogens is 2. The van der Waals surface area contributed by atoms with Gasteiger partial charge in [0.1, 0.15) is 0 Å². The van der Waals surface area contributed by atoms with Crippen molar-refractivity contribution in [3.8, 4) is 0 Å². The van der Waals surface area contributed by atoms with E-state index in [0.29, 0.717) is 6.04 Å². The summed E-state index contributed by atoms with van der Waals surface area (Å²) in [7, 11) is 4.06. The van der Waals surface area contributed by atoms with Crippen LogP contribution in [0.25, 0.3) is 0 Å². The molecule has 2 N–H and O–H groups in total. The zero-order valence-electron chi connectivity index (χ0n) is 11.8. The van der Waals surface area contributed by atoms with Crippen molar-refractivity contribution in [2.24, 2.45) is 5.41 Å². The molecule has 1 aliphatic rings. The third-order valence-corrected chi connectivity index (χ3v) is 3.59. The lowest BCUT2D eigenvalue weighted by Crippen LogP contribution is -2.50. The zero-order chi connectivity index (χ0) is 12.2. The van der Waals surface area contributed by atoms with Gasteiger partial charge in [0.2, 0.25) is 5.91 Å². The van der Waals surface area contributed by atoms with Gasteiger partial charge in [-0.3, -0.25) is 4.79 Å². The van der Waals surface area contributed by atoms with E-state index in [-0.39, 0.29) is 36.1 Å². The molecule has 6 heteroatoms. The fourth-order valence-corrected chi connectivity index (χ4v) is 1.89. The Hall–Kier alpha value is -0.0300. The van der Waals surface area contributed by atoms with Gasteiger partial charge in [0.15, 0.2) is 0 Å². The summed E-state index contributed by atoms with van der Waals surface area (Å²) < 4.78 is 0. The van der Waals surface area contributed by atoms with Gasteiger partial charge in [0.05, 0.1) is 5.41 Å². The second-order valence-corrected chi connectivity index (χ2v) is 5.36. The third kappa shape index (κ3) is 5.74. The largest absolute Gasteiger partial charge is 0.354 e. The van der Waals surface area contributed by atoms with Crippen LogP contribution < -0.4 is 10.6 Å². The summed E-state index contributed by atoms with van der Waals surface area (Å²) >= 11 is 0. The number of hydrogen-bond donors (Lipinski definition) is 2. The topological polar surface area (TPSA) is 44.4 Å². The van der Waals surface area contributed by atoms with Gasteiger partial charge in [-0.1, -0.05) is 0 Å². The normalized spacial score (nSPS) is 24.7. The molecule has 1 amide bonds. The van der Waals surface area contributed by atoms with E-state index in [9.17, 15) is 4.79 Å². The number of rotatable bonds is 4. The number of amides is 1. The maximum atomic E-state index is 12.1.